The van der Waals surface area contributed by atoms with Gasteiger partial charge in [0.1, 0.15) is 37.6 Å². The van der Waals surface area contributed by atoms with E-state index in [1.807, 2.05) is 97.1 Å². The summed E-state index contributed by atoms with van der Waals surface area (Å²) in [5.74, 6) is -2.37. The van der Waals surface area contributed by atoms with Gasteiger partial charge in [0.05, 0.1) is 38.4 Å². The number of hydrogen-bond acceptors (Lipinski definition) is 11. The average molecular weight is 843 g/mol. The number of ether oxygens (including phenoxy) is 7. The minimum Gasteiger partial charge on any atom is -0.460 e. The normalized spacial score (nSPS) is 18.7. The molecule has 1 heterocycles. The third-order valence-electron chi connectivity index (χ3n) is 9.68. The number of hydrogen-bond donors (Lipinski definition) is 2. The molecular formula is C49H50N2O11. The van der Waals surface area contributed by atoms with E-state index in [0.717, 1.165) is 16.7 Å². The number of carbonyl (C=O) groups excluding carboxylic acids is 4. The number of esters is 2. The van der Waals surface area contributed by atoms with E-state index in [0.29, 0.717) is 5.56 Å². The van der Waals surface area contributed by atoms with E-state index in [2.05, 4.69) is 17.2 Å². The first-order valence-electron chi connectivity index (χ1n) is 20.2. The molecule has 1 aliphatic heterocycles. The first kappa shape index (κ1) is 44.9. The van der Waals surface area contributed by atoms with Crippen LogP contribution in [0.2, 0.25) is 0 Å². The summed E-state index contributed by atoms with van der Waals surface area (Å²) < 4.78 is 42.9. The third kappa shape index (κ3) is 14.0. The van der Waals surface area contributed by atoms with Gasteiger partial charge in [0, 0.05) is 0 Å². The molecule has 0 spiro atoms. The highest BCUT2D eigenvalue weighted by atomic mass is 16.6. The van der Waals surface area contributed by atoms with Crippen molar-refractivity contribution >= 4 is 23.9 Å². The first-order valence-corrected chi connectivity index (χ1v) is 20.2. The summed E-state index contributed by atoms with van der Waals surface area (Å²) in [5.41, 5.74) is 3.59. The minimum atomic E-state index is -1.48. The summed E-state index contributed by atoms with van der Waals surface area (Å²) in [6.45, 7) is 3.78. The van der Waals surface area contributed by atoms with Gasteiger partial charge in [-0.05, 0) is 34.4 Å². The molecule has 322 valence electrons. The molecule has 0 aromatic heterocycles. The zero-order chi connectivity index (χ0) is 43.4. The molecule has 6 rings (SSSR count). The van der Waals surface area contributed by atoms with Crippen molar-refractivity contribution in [3.8, 4) is 0 Å². The number of carbonyl (C=O) groups is 4. The van der Waals surface area contributed by atoms with Crippen LogP contribution in [-0.4, -0.2) is 73.8 Å². The van der Waals surface area contributed by atoms with E-state index < -0.39 is 67.0 Å². The van der Waals surface area contributed by atoms with Crippen LogP contribution in [-0.2, 0) is 69.2 Å². The number of amides is 2. The Bertz CT molecular complexity index is 2140. The van der Waals surface area contributed by atoms with E-state index in [1.54, 1.807) is 54.6 Å². The van der Waals surface area contributed by atoms with Crippen molar-refractivity contribution in [2.45, 2.75) is 69.5 Å². The molecule has 1 aliphatic rings. The molecule has 62 heavy (non-hydrogen) atoms. The molecule has 0 aliphatic carbocycles. The molecule has 0 unspecified atom stereocenters. The molecule has 0 radical (unpaired) electrons. The van der Waals surface area contributed by atoms with E-state index in [1.165, 1.54) is 6.08 Å². The van der Waals surface area contributed by atoms with E-state index in [-0.39, 0.29) is 45.2 Å². The van der Waals surface area contributed by atoms with Crippen LogP contribution in [0.4, 0.5) is 4.79 Å². The van der Waals surface area contributed by atoms with Crippen molar-refractivity contribution in [3.63, 3.8) is 0 Å². The first-order chi connectivity index (χ1) is 30.4. The van der Waals surface area contributed by atoms with Crippen LogP contribution in [0, 0.1) is 0 Å². The van der Waals surface area contributed by atoms with E-state index in [9.17, 15) is 19.2 Å². The fourth-order valence-electron chi connectivity index (χ4n) is 6.60. The largest absolute Gasteiger partial charge is 0.460 e. The number of rotatable bonds is 21. The van der Waals surface area contributed by atoms with Gasteiger partial charge in [0.15, 0.2) is 12.3 Å². The van der Waals surface area contributed by atoms with Crippen molar-refractivity contribution in [1.29, 1.82) is 0 Å². The molecule has 13 nitrogen and oxygen atoms in total. The van der Waals surface area contributed by atoms with Crippen LogP contribution in [0.3, 0.4) is 0 Å². The molecule has 2 N–H and O–H groups in total. The average Bonchev–Trinajstić information content (AvgIpc) is 3.31. The van der Waals surface area contributed by atoms with Gasteiger partial charge < -0.3 is 43.8 Å². The second-order valence-corrected chi connectivity index (χ2v) is 14.3. The summed E-state index contributed by atoms with van der Waals surface area (Å²) in [6, 6.07) is 44.4. The Morgan fingerprint density at radius 3 is 1.66 bits per heavy atom. The van der Waals surface area contributed by atoms with Crippen molar-refractivity contribution in [2.75, 3.05) is 13.2 Å². The molecule has 1 saturated heterocycles. The molecular weight excluding hydrogens is 793 g/mol. The molecule has 13 heteroatoms. The van der Waals surface area contributed by atoms with Crippen LogP contribution in [0.25, 0.3) is 0 Å². The van der Waals surface area contributed by atoms with Crippen LogP contribution >= 0.6 is 0 Å². The highest BCUT2D eigenvalue weighted by molar-refractivity contribution is 5.90. The smallest absolute Gasteiger partial charge is 0.408 e. The molecule has 6 atom stereocenters. The lowest BCUT2D eigenvalue weighted by Crippen LogP contribution is -2.66. The summed E-state index contributed by atoms with van der Waals surface area (Å²) in [5, 5.41) is 5.26. The molecule has 0 bridgehead atoms. The van der Waals surface area contributed by atoms with Gasteiger partial charge in [-0.15, -0.1) is 0 Å². The van der Waals surface area contributed by atoms with E-state index >= 15 is 0 Å². The molecule has 1 fully saturated rings. The number of alkyl carbamates (subject to hydrolysis) is 1. The van der Waals surface area contributed by atoms with Gasteiger partial charge in [0.2, 0.25) is 5.91 Å². The Balaban J connectivity index is 1.30. The Kier molecular flexibility index (Phi) is 17.4. The third-order valence-corrected chi connectivity index (χ3v) is 9.68. The van der Waals surface area contributed by atoms with Crippen LogP contribution in [0.5, 0.6) is 0 Å². The predicted octanol–water partition coefficient (Wildman–Crippen LogP) is 6.86. The van der Waals surface area contributed by atoms with Gasteiger partial charge in [0.25, 0.3) is 0 Å². The maximum atomic E-state index is 14.1. The predicted molar refractivity (Wildman–Crippen MR) is 228 cm³/mol. The maximum Gasteiger partial charge on any atom is 0.408 e. The lowest BCUT2D eigenvalue weighted by Gasteiger charge is -2.45. The van der Waals surface area contributed by atoms with Crippen molar-refractivity contribution in [2.24, 2.45) is 0 Å². The fraction of sp³-hybridized carbons (Fsp3) is 0.265. The number of benzene rings is 5. The maximum absolute atomic E-state index is 14.1. The molecule has 5 aromatic rings. The van der Waals surface area contributed by atoms with Gasteiger partial charge in [-0.25, -0.2) is 14.4 Å². The number of nitrogens with one attached hydrogen (secondary N) is 2. The lowest BCUT2D eigenvalue weighted by molar-refractivity contribution is -0.265. The summed E-state index contributed by atoms with van der Waals surface area (Å²) in [4.78, 5) is 54.1. The zero-order valence-corrected chi connectivity index (χ0v) is 34.1. The standard InChI is InChI=1S/C49H50N2O11/c1-2-28-57-48(54)40(50-49(55)60-33-38-24-14-6-15-25-38)29-42(52)51-46-45(62-47(53)39-26-16-7-17-27-39)44(59-32-37-22-12-5-13-23-37)43(58-31-36-20-10-4-11-21-36)41(61-46)34-56-30-35-18-8-3-9-19-35/h2-27,40-41,43-46H,1,28-34H2,(H,50,55)(H,51,52)/t40-,41+,43+,44-,45+,46+/m0/s1. The molecule has 0 saturated carbocycles. The van der Waals surface area contributed by atoms with Crippen molar-refractivity contribution in [1.82, 2.24) is 10.6 Å². The Morgan fingerprint density at radius 2 is 1.11 bits per heavy atom. The highest BCUT2D eigenvalue weighted by Crippen LogP contribution is 2.30. The minimum absolute atomic E-state index is 0.0173. The summed E-state index contributed by atoms with van der Waals surface area (Å²) in [7, 11) is 0. The van der Waals surface area contributed by atoms with Crippen LogP contribution < -0.4 is 10.6 Å². The Hall–Kier alpha value is -6.64. The zero-order valence-electron chi connectivity index (χ0n) is 34.1. The highest BCUT2D eigenvalue weighted by Gasteiger charge is 2.50. The second kappa shape index (κ2) is 24.0. The van der Waals surface area contributed by atoms with Crippen molar-refractivity contribution in [3.05, 3.63) is 192 Å². The monoisotopic (exact) mass is 842 g/mol. The van der Waals surface area contributed by atoms with E-state index in [4.69, 9.17) is 33.2 Å². The molecule has 5 aromatic carbocycles. The summed E-state index contributed by atoms with van der Waals surface area (Å²) >= 11 is 0. The van der Waals surface area contributed by atoms with Gasteiger partial charge in [-0.1, -0.05) is 152 Å². The second-order valence-electron chi connectivity index (χ2n) is 14.3. The fourth-order valence-corrected chi connectivity index (χ4v) is 6.60. The summed E-state index contributed by atoms with van der Waals surface area (Å²) in [6.07, 6.45) is -5.71. The molecule has 2 amide bonds. The van der Waals surface area contributed by atoms with Gasteiger partial charge in [-0.2, -0.15) is 0 Å². The quantitative estimate of drug-likeness (QED) is 0.0452. The Morgan fingerprint density at radius 1 is 0.613 bits per heavy atom. The van der Waals surface area contributed by atoms with Crippen LogP contribution in [0.1, 0.15) is 39.0 Å². The van der Waals surface area contributed by atoms with Crippen LogP contribution in [0.15, 0.2) is 164 Å². The SMILES string of the molecule is C=CCOC(=O)[C@H](CC(=O)N[C@@H]1O[C@H](COCc2ccccc2)[C@@H](OCc2ccccc2)[C@H](OCc2ccccc2)[C@H]1OC(=O)c1ccccc1)NC(=O)OCc1ccccc1. The van der Waals surface area contributed by atoms with Gasteiger partial charge in [-0.3, -0.25) is 4.79 Å². The Labute approximate surface area is 360 Å². The lowest BCUT2D eigenvalue weighted by atomic mass is 9.96. The van der Waals surface area contributed by atoms with Gasteiger partial charge >= 0.3 is 18.0 Å². The topological polar surface area (TPSA) is 157 Å². The van der Waals surface area contributed by atoms with Crippen molar-refractivity contribution < 1.29 is 52.3 Å².